The molecule has 19 heavy (non-hydrogen) atoms. The Hall–Kier alpha value is -1.92. The van der Waals surface area contributed by atoms with Crippen LogP contribution >= 0.6 is 0 Å². The topological polar surface area (TPSA) is 57.3 Å². The third kappa shape index (κ3) is 4.35. The van der Waals surface area contributed by atoms with Crippen LogP contribution in [0.5, 0.6) is 0 Å². The molecular formula is C12H18F2N4O. The number of rotatable bonds is 6. The second-order valence-corrected chi connectivity index (χ2v) is 4.22. The third-order valence-corrected chi connectivity index (χ3v) is 2.38. The van der Waals surface area contributed by atoms with Gasteiger partial charge in [-0.25, -0.2) is 13.8 Å². The molecule has 2 N–H and O–H groups in total. The molecule has 1 rings (SSSR count). The highest BCUT2D eigenvalue weighted by molar-refractivity contribution is 5.80. The Kier molecular flexibility index (Phi) is 5.47. The van der Waals surface area contributed by atoms with Crippen LogP contribution in [0.4, 0.5) is 20.4 Å². The van der Waals surface area contributed by atoms with Gasteiger partial charge in [0.05, 0.1) is 6.54 Å². The fourth-order valence-electron chi connectivity index (χ4n) is 1.28. The Balaban J connectivity index is 2.79. The average Bonchev–Trinajstić information content (AvgIpc) is 2.36. The van der Waals surface area contributed by atoms with Crippen molar-refractivity contribution in [3.8, 4) is 0 Å². The van der Waals surface area contributed by atoms with E-state index in [0.29, 0.717) is 6.54 Å². The minimum atomic E-state index is -0.828. The van der Waals surface area contributed by atoms with E-state index in [9.17, 15) is 13.6 Å². The van der Waals surface area contributed by atoms with Crippen molar-refractivity contribution in [3.05, 3.63) is 17.7 Å². The molecule has 0 aliphatic heterocycles. The van der Waals surface area contributed by atoms with Crippen molar-refractivity contribution in [2.75, 3.05) is 37.8 Å². The van der Waals surface area contributed by atoms with Gasteiger partial charge < -0.3 is 15.5 Å². The number of likely N-dealkylation sites (N-methyl/N-ethyl adjacent to an activating group) is 1. The van der Waals surface area contributed by atoms with Gasteiger partial charge in [-0.1, -0.05) is 6.92 Å². The van der Waals surface area contributed by atoms with E-state index >= 15 is 0 Å². The molecule has 0 saturated carbocycles. The Morgan fingerprint density at radius 3 is 2.37 bits per heavy atom. The number of carbonyl (C=O) groups excluding carboxylic acids is 1. The molecule has 0 spiro atoms. The van der Waals surface area contributed by atoms with E-state index in [1.54, 1.807) is 14.1 Å². The van der Waals surface area contributed by atoms with Gasteiger partial charge in [0.2, 0.25) is 5.91 Å². The van der Waals surface area contributed by atoms with Gasteiger partial charge in [-0.3, -0.25) is 4.79 Å². The number of nitrogens with one attached hydrogen (secondary N) is 2. The summed E-state index contributed by atoms with van der Waals surface area (Å²) in [5.41, 5.74) is 0. The lowest BCUT2D eigenvalue weighted by atomic mass is 10.3. The van der Waals surface area contributed by atoms with Crippen LogP contribution in [0.2, 0.25) is 0 Å². The van der Waals surface area contributed by atoms with Crippen molar-refractivity contribution in [2.24, 2.45) is 0 Å². The van der Waals surface area contributed by atoms with Crippen LogP contribution in [0.3, 0.4) is 0 Å². The van der Waals surface area contributed by atoms with Crippen LogP contribution in [-0.4, -0.2) is 43.0 Å². The van der Waals surface area contributed by atoms with Crippen molar-refractivity contribution >= 4 is 17.5 Å². The van der Waals surface area contributed by atoms with Crippen LogP contribution in [0.1, 0.15) is 13.3 Å². The molecule has 1 aromatic rings. The predicted octanol–water partition coefficient (Wildman–Crippen LogP) is 1.68. The molecule has 106 valence electrons. The summed E-state index contributed by atoms with van der Waals surface area (Å²) in [5, 5.41) is 5.31. The molecule has 0 aliphatic carbocycles. The molecule has 5 nitrogen and oxygen atoms in total. The van der Waals surface area contributed by atoms with Gasteiger partial charge in [-0.2, -0.15) is 0 Å². The Morgan fingerprint density at radius 1 is 1.26 bits per heavy atom. The highest BCUT2D eigenvalue weighted by Gasteiger charge is 2.13. The Labute approximate surface area is 111 Å². The fourth-order valence-corrected chi connectivity index (χ4v) is 1.28. The zero-order chi connectivity index (χ0) is 14.4. The molecule has 0 aliphatic rings. The summed E-state index contributed by atoms with van der Waals surface area (Å²) >= 11 is 0. The second-order valence-electron chi connectivity index (χ2n) is 4.22. The molecule has 1 amide bonds. The maximum absolute atomic E-state index is 13.5. The number of aromatic nitrogens is 1. The van der Waals surface area contributed by atoms with E-state index in [2.05, 4.69) is 15.6 Å². The lowest BCUT2D eigenvalue weighted by molar-refractivity contribution is -0.126. The molecule has 0 bridgehead atoms. The van der Waals surface area contributed by atoms with Crippen molar-refractivity contribution in [1.29, 1.82) is 0 Å². The fraction of sp³-hybridized carbons (Fsp3) is 0.500. The maximum atomic E-state index is 13.5. The second kappa shape index (κ2) is 6.86. The first-order chi connectivity index (χ1) is 8.95. The SMILES string of the molecule is CCCNc1nc(NCC(=O)N(C)C)c(F)cc1F. The number of nitrogens with zero attached hydrogens (tertiary/aromatic N) is 2. The van der Waals surface area contributed by atoms with E-state index < -0.39 is 11.6 Å². The zero-order valence-electron chi connectivity index (χ0n) is 11.3. The average molecular weight is 272 g/mol. The van der Waals surface area contributed by atoms with E-state index in [1.807, 2.05) is 6.92 Å². The molecule has 0 saturated heterocycles. The van der Waals surface area contributed by atoms with Crippen LogP contribution < -0.4 is 10.6 Å². The van der Waals surface area contributed by atoms with Gasteiger partial charge in [-0.15, -0.1) is 0 Å². The van der Waals surface area contributed by atoms with Gasteiger partial charge in [0, 0.05) is 26.7 Å². The van der Waals surface area contributed by atoms with Crippen LogP contribution in [-0.2, 0) is 4.79 Å². The standard InChI is InChI=1S/C12H18F2N4O/c1-4-5-15-11-8(13)6-9(14)12(17-11)16-7-10(19)18(2)3/h6H,4-5,7H2,1-3H3,(H2,15,16,17). The summed E-state index contributed by atoms with van der Waals surface area (Å²) in [5.74, 6) is -1.98. The van der Waals surface area contributed by atoms with E-state index in [4.69, 9.17) is 0 Å². The third-order valence-electron chi connectivity index (χ3n) is 2.38. The van der Waals surface area contributed by atoms with Gasteiger partial charge in [-0.05, 0) is 6.42 Å². The number of amides is 1. The highest BCUT2D eigenvalue weighted by Crippen LogP contribution is 2.18. The van der Waals surface area contributed by atoms with Gasteiger partial charge in [0.15, 0.2) is 23.3 Å². The first-order valence-corrected chi connectivity index (χ1v) is 5.99. The largest absolute Gasteiger partial charge is 0.368 e. The molecule has 0 radical (unpaired) electrons. The molecule has 0 unspecified atom stereocenters. The minimum absolute atomic E-state index is 0.0250. The number of anilines is 2. The summed E-state index contributed by atoms with van der Waals surface area (Å²) in [6.45, 7) is 2.35. The molecule has 0 aromatic carbocycles. The summed E-state index contributed by atoms with van der Waals surface area (Å²) < 4.78 is 26.9. The van der Waals surface area contributed by atoms with Crippen molar-refractivity contribution in [3.63, 3.8) is 0 Å². The van der Waals surface area contributed by atoms with Gasteiger partial charge in [0.1, 0.15) is 0 Å². The number of pyridine rings is 1. The van der Waals surface area contributed by atoms with Crippen molar-refractivity contribution in [2.45, 2.75) is 13.3 Å². The first kappa shape index (κ1) is 15.1. The highest BCUT2D eigenvalue weighted by atomic mass is 19.1. The molecule has 7 heteroatoms. The lowest BCUT2D eigenvalue weighted by Gasteiger charge is -2.13. The molecular weight excluding hydrogens is 254 g/mol. The molecule has 0 fully saturated rings. The van der Waals surface area contributed by atoms with Crippen molar-refractivity contribution < 1.29 is 13.6 Å². The van der Waals surface area contributed by atoms with E-state index in [0.717, 1.165) is 12.5 Å². The first-order valence-electron chi connectivity index (χ1n) is 5.99. The van der Waals surface area contributed by atoms with Crippen LogP contribution in [0.15, 0.2) is 6.07 Å². The number of hydrogen-bond donors (Lipinski definition) is 2. The zero-order valence-corrected chi connectivity index (χ0v) is 11.3. The molecule has 0 atom stereocenters. The number of halogens is 2. The van der Waals surface area contributed by atoms with Crippen molar-refractivity contribution in [1.82, 2.24) is 9.88 Å². The summed E-state index contributed by atoms with van der Waals surface area (Å²) in [4.78, 5) is 16.5. The summed E-state index contributed by atoms with van der Waals surface area (Å²) in [7, 11) is 3.18. The van der Waals surface area contributed by atoms with E-state index in [1.165, 1.54) is 4.90 Å². The molecule has 1 aromatic heterocycles. The van der Waals surface area contributed by atoms with Crippen LogP contribution in [0, 0.1) is 11.6 Å². The predicted molar refractivity (Wildman–Crippen MR) is 70.1 cm³/mol. The maximum Gasteiger partial charge on any atom is 0.241 e. The summed E-state index contributed by atoms with van der Waals surface area (Å²) in [6.07, 6.45) is 0.792. The smallest absolute Gasteiger partial charge is 0.241 e. The van der Waals surface area contributed by atoms with Gasteiger partial charge in [0.25, 0.3) is 0 Å². The molecule has 1 heterocycles. The normalized spacial score (nSPS) is 10.2. The van der Waals surface area contributed by atoms with Crippen LogP contribution in [0.25, 0.3) is 0 Å². The quantitative estimate of drug-likeness (QED) is 0.827. The monoisotopic (exact) mass is 272 g/mol. The number of hydrogen-bond acceptors (Lipinski definition) is 4. The summed E-state index contributed by atoms with van der Waals surface area (Å²) in [6, 6.07) is 0.744. The van der Waals surface area contributed by atoms with Gasteiger partial charge >= 0.3 is 0 Å². The van der Waals surface area contributed by atoms with E-state index in [-0.39, 0.29) is 24.1 Å². The Bertz CT molecular complexity index is 452. The minimum Gasteiger partial charge on any atom is -0.368 e. The lowest BCUT2D eigenvalue weighted by Crippen LogP contribution is -2.29. The Morgan fingerprint density at radius 2 is 1.84 bits per heavy atom. The number of carbonyl (C=O) groups is 1.